The maximum atomic E-state index is 12.2. The lowest BCUT2D eigenvalue weighted by Crippen LogP contribution is -2.57. The fourth-order valence-corrected chi connectivity index (χ4v) is 4.47. The molecule has 1 saturated heterocycles. The molecule has 1 fully saturated rings. The van der Waals surface area contributed by atoms with E-state index in [0.717, 1.165) is 0 Å². The van der Waals surface area contributed by atoms with Crippen LogP contribution < -0.4 is 0 Å². The molecular weight excluding hydrogens is 454 g/mol. The van der Waals surface area contributed by atoms with Gasteiger partial charge in [0.05, 0.1) is 17.2 Å². The summed E-state index contributed by atoms with van der Waals surface area (Å²) in [6, 6.07) is 7.98. The highest BCUT2D eigenvalue weighted by Gasteiger charge is 2.44. The van der Waals surface area contributed by atoms with Gasteiger partial charge in [0.15, 0.2) is 0 Å². The van der Waals surface area contributed by atoms with Crippen LogP contribution in [0.3, 0.4) is 0 Å². The van der Waals surface area contributed by atoms with Gasteiger partial charge in [-0.15, -0.1) is 4.40 Å². The number of aliphatic hydroxyl groups excluding tert-OH is 4. The van der Waals surface area contributed by atoms with E-state index in [0.29, 0.717) is 11.8 Å². The van der Waals surface area contributed by atoms with Crippen molar-refractivity contribution in [2.75, 3.05) is 6.61 Å². The van der Waals surface area contributed by atoms with Crippen LogP contribution in [-0.2, 0) is 19.8 Å². The van der Waals surface area contributed by atoms with Gasteiger partial charge in [0, 0.05) is 6.42 Å². The molecule has 1 aliphatic rings. The molecule has 1 aromatic carbocycles. The van der Waals surface area contributed by atoms with Gasteiger partial charge >= 0.3 is 16.3 Å². The van der Waals surface area contributed by atoms with Gasteiger partial charge in [0.2, 0.25) is 0 Å². The van der Waals surface area contributed by atoms with Crippen molar-refractivity contribution in [3.63, 3.8) is 0 Å². The number of thioether (sulfide) groups is 1. The first-order valence-electron chi connectivity index (χ1n) is 8.97. The molecule has 13 heteroatoms. The maximum absolute atomic E-state index is 12.2. The maximum Gasteiger partial charge on any atom is 0.379 e. The Morgan fingerprint density at radius 2 is 1.87 bits per heavy atom. The van der Waals surface area contributed by atoms with Crippen molar-refractivity contribution in [1.29, 1.82) is 0 Å². The number of esters is 1. The summed E-state index contributed by atoms with van der Waals surface area (Å²) in [7, 11) is -4.88. The lowest BCUT2D eigenvalue weighted by Gasteiger charge is -2.39. The van der Waals surface area contributed by atoms with Crippen molar-refractivity contribution in [3.05, 3.63) is 48.6 Å². The van der Waals surface area contributed by atoms with Crippen LogP contribution >= 0.6 is 11.8 Å². The zero-order chi connectivity index (χ0) is 23.2. The number of hydrogen-bond donors (Lipinski definition) is 5. The van der Waals surface area contributed by atoms with E-state index in [4.69, 9.17) is 14.0 Å². The van der Waals surface area contributed by atoms with Crippen LogP contribution in [0, 0.1) is 0 Å². The third kappa shape index (κ3) is 7.36. The molecule has 5 N–H and O–H groups in total. The van der Waals surface area contributed by atoms with Gasteiger partial charge in [0.25, 0.3) is 0 Å². The average molecular weight is 478 g/mol. The van der Waals surface area contributed by atoms with Gasteiger partial charge in [-0.3, -0.25) is 4.55 Å². The Balaban J connectivity index is 2.19. The quantitative estimate of drug-likeness (QED) is 0.107. The molecule has 11 nitrogen and oxygen atoms in total. The molecule has 1 aliphatic heterocycles. The van der Waals surface area contributed by atoms with Gasteiger partial charge in [0.1, 0.15) is 36.0 Å². The van der Waals surface area contributed by atoms with E-state index >= 15 is 0 Å². The Labute approximate surface area is 182 Å². The zero-order valence-electron chi connectivity index (χ0n) is 16.1. The van der Waals surface area contributed by atoms with Gasteiger partial charge in [-0.05, 0) is 12.1 Å². The summed E-state index contributed by atoms with van der Waals surface area (Å²) in [5, 5.41) is 38.8. The molecule has 1 heterocycles. The summed E-state index contributed by atoms with van der Waals surface area (Å²) in [5.74, 6) is -0.713. The minimum atomic E-state index is -4.88. The Morgan fingerprint density at radius 1 is 1.23 bits per heavy atom. The summed E-state index contributed by atoms with van der Waals surface area (Å²) in [6.07, 6.45) is -6.41. The average Bonchev–Trinajstić information content (AvgIpc) is 2.72. The van der Waals surface area contributed by atoms with Gasteiger partial charge in [-0.1, -0.05) is 42.6 Å². The minimum Gasteiger partial charge on any atom is -0.454 e. The number of ether oxygens (including phenoxy) is 2. The molecule has 0 radical (unpaired) electrons. The fourth-order valence-electron chi connectivity index (χ4n) is 2.66. The zero-order valence-corrected chi connectivity index (χ0v) is 17.7. The first-order chi connectivity index (χ1) is 14.6. The SMILES string of the molecule is C=CC(C/C(=N\S(=O)(=O)O)S[C@@H]1O[C@H](CO)[C@@H](O)[C@H](O)[C@H]1O)OC(=O)c1ccccc1. The first kappa shape index (κ1) is 25.4. The number of carbonyl (C=O) groups excluding carboxylic acids is 1. The van der Waals surface area contributed by atoms with Crippen molar-refractivity contribution in [2.45, 2.75) is 42.4 Å². The van der Waals surface area contributed by atoms with E-state index in [1.54, 1.807) is 18.2 Å². The normalized spacial score (nSPS) is 28.0. The number of aliphatic hydroxyl groups is 4. The molecule has 0 aromatic heterocycles. The standard InChI is InChI=1S/C18H23NO10S2/c1-2-11(28-17(24)10-6-4-3-5-7-10)8-13(19-31(25,26)27)30-18-16(23)15(22)14(21)12(9-20)29-18/h2-7,11-12,14-16,18,20-23H,1,8-9H2,(H,25,26,27)/b19-13+/t11?,12-,14-,15+,16-,18+/m1/s1. The second kappa shape index (κ2) is 11.2. The molecule has 0 saturated carbocycles. The van der Waals surface area contributed by atoms with Gasteiger partial charge in [-0.25, -0.2) is 4.79 Å². The van der Waals surface area contributed by atoms with Crippen LogP contribution in [-0.4, -0.2) is 87.0 Å². The molecular formula is C18H23NO10S2. The van der Waals surface area contributed by atoms with Crippen molar-refractivity contribution < 1.29 is 47.7 Å². The third-order valence-electron chi connectivity index (χ3n) is 4.22. The Morgan fingerprint density at radius 3 is 2.42 bits per heavy atom. The topological polar surface area (TPSA) is 183 Å². The molecule has 0 bridgehead atoms. The van der Waals surface area contributed by atoms with E-state index in [2.05, 4.69) is 11.0 Å². The lowest BCUT2D eigenvalue weighted by atomic mass is 10.0. The molecule has 0 aliphatic carbocycles. The highest BCUT2D eigenvalue weighted by molar-refractivity contribution is 8.14. The summed E-state index contributed by atoms with van der Waals surface area (Å²) < 4.78 is 45.5. The molecule has 0 spiro atoms. The number of rotatable bonds is 8. The lowest BCUT2D eigenvalue weighted by molar-refractivity contribution is -0.205. The molecule has 2 rings (SSSR count). The van der Waals surface area contributed by atoms with Crippen LogP contribution in [0.1, 0.15) is 16.8 Å². The number of carbonyl (C=O) groups is 1. The number of benzene rings is 1. The highest BCUT2D eigenvalue weighted by atomic mass is 32.2. The Bertz CT molecular complexity index is 890. The van der Waals surface area contributed by atoms with E-state index in [9.17, 15) is 33.6 Å². The highest BCUT2D eigenvalue weighted by Crippen LogP contribution is 2.31. The fraction of sp³-hybridized carbons (Fsp3) is 0.444. The summed E-state index contributed by atoms with van der Waals surface area (Å²) in [6.45, 7) is 2.84. The van der Waals surface area contributed by atoms with Gasteiger partial charge in [-0.2, -0.15) is 8.42 Å². The predicted molar refractivity (Wildman–Crippen MR) is 111 cm³/mol. The first-order valence-corrected chi connectivity index (χ1v) is 11.3. The van der Waals surface area contributed by atoms with Crippen molar-refractivity contribution >= 4 is 33.1 Å². The number of nitrogens with zero attached hydrogens (tertiary/aromatic N) is 1. The summed E-state index contributed by atoms with van der Waals surface area (Å²) >= 11 is 0.509. The van der Waals surface area contributed by atoms with Crippen LogP contribution in [0.15, 0.2) is 47.4 Å². The number of hydrogen-bond acceptors (Lipinski definition) is 10. The van der Waals surface area contributed by atoms with E-state index in [1.165, 1.54) is 18.2 Å². The summed E-state index contributed by atoms with van der Waals surface area (Å²) in [4.78, 5) is 12.2. The van der Waals surface area contributed by atoms with Crippen LogP contribution in [0.2, 0.25) is 0 Å². The molecule has 1 unspecified atom stereocenters. The molecule has 1 aromatic rings. The van der Waals surface area contributed by atoms with E-state index in [-0.39, 0.29) is 17.0 Å². The largest absolute Gasteiger partial charge is 0.454 e. The minimum absolute atomic E-state index is 0.240. The van der Waals surface area contributed by atoms with E-state index in [1.807, 2.05) is 0 Å². The molecule has 31 heavy (non-hydrogen) atoms. The van der Waals surface area contributed by atoms with Crippen LogP contribution in [0.4, 0.5) is 0 Å². The third-order valence-corrected chi connectivity index (χ3v) is 5.94. The smallest absolute Gasteiger partial charge is 0.379 e. The van der Waals surface area contributed by atoms with Crippen LogP contribution in [0.5, 0.6) is 0 Å². The second-order valence-corrected chi connectivity index (χ2v) is 8.75. The molecule has 172 valence electrons. The Hall–Kier alpha value is -1.84. The Kier molecular flexibility index (Phi) is 9.14. The predicted octanol–water partition coefficient (Wildman–Crippen LogP) is -0.477. The monoisotopic (exact) mass is 477 g/mol. The summed E-state index contributed by atoms with van der Waals surface area (Å²) in [5.41, 5.74) is -1.12. The van der Waals surface area contributed by atoms with E-state index < -0.39 is 58.8 Å². The molecule has 0 amide bonds. The van der Waals surface area contributed by atoms with Crippen molar-refractivity contribution in [2.24, 2.45) is 4.40 Å². The second-order valence-electron chi connectivity index (χ2n) is 6.50. The van der Waals surface area contributed by atoms with Crippen molar-refractivity contribution in [1.82, 2.24) is 0 Å². The molecule has 6 atom stereocenters. The van der Waals surface area contributed by atoms with Crippen LogP contribution in [0.25, 0.3) is 0 Å². The van der Waals surface area contributed by atoms with Crippen molar-refractivity contribution in [3.8, 4) is 0 Å². The van der Waals surface area contributed by atoms with Gasteiger partial charge < -0.3 is 29.9 Å².